The number of ether oxygens (including phenoxy) is 2. The van der Waals surface area contributed by atoms with Crippen molar-refractivity contribution < 1.29 is 9.47 Å². The molecule has 35 heavy (non-hydrogen) atoms. The van der Waals surface area contributed by atoms with E-state index in [0.29, 0.717) is 13.2 Å². The summed E-state index contributed by atoms with van der Waals surface area (Å²) in [6, 6.07) is 6.24. The smallest absolute Gasteiger partial charge is 0.219 e. The summed E-state index contributed by atoms with van der Waals surface area (Å²) in [7, 11) is 1.90. The molecule has 5 heterocycles. The number of hydrogen-bond donors (Lipinski definition) is 1. The summed E-state index contributed by atoms with van der Waals surface area (Å²) >= 11 is 0. The first-order chi connectivity index (χ1) is 17.2. The molecule has 0 amide bonds. The summed E-state index contributed by atoms with van der Waals surface area (Å²) in [5, 5.41) is 18.0. The Bertz CT molecular complexity index is 1370. The molecule has 0 aliphatic carbocycles. The SMILES string of the molecule is Cc1nn(CCN2CCCC2)c2c1/C=C/c1[nH]nc3ccc(cc13)-c1cnn(C)c1OCCCO2. The third-order valence-corrected chi connectivity index (χ3v) is 6.91. The fraction of sp³-hybridized carbons (Fsp3) is 0.423. The van der Waals surface area contributed by atoms with E-state index >= 15 is 0 Å². The summed E-state index contributed by atoms with van der Waals surface area (Å²) in [6.45, 7) is 7.28. The zero-order valence-electron chi connectivity index (χ0n) is 20.3. The lowest BCUT2D eigenvalue weighted by Gasteiger charge is -2.16. The van der Waals surface area contributed by atoms with Crippen LogP contribution in [0.4, 0.5) is 0 Å². The van der Waals surface area contributed by atoms with Gasteiger partial charge in [-0.2, -0.15) is 15.3 Å². The second-order valence-electron chi connectivity index (χ2n) is 9.32. The Morgan fingerprint density at radius 1 is 1.00 bits per heavy atom. The number of H-pyrrole nitrogens is 1. The van der Waals surface area contributed by atoms with Crippen molar-refractivity contribution in [1.82, 2.24) is 34.7 Å². The first-order valence-electron chi connectivity index (χ1n) is 12.4. The summed E-state index contributed by atoms with van der Waals surface area (Å²) in [6.07, 6.45) is 9.35. The van der Waals surface area contributed by atoms with Gasteiger partial charge in [0.2, 0.25) is 11.8 Å². The lowest BCUT2D eigenvalue weighted by molar-refractivity contribution is 0.220. The lowest BCUT2D eigenvalue weighted by Crippen LogP contribution is -2.25. The Labute approximate surface area is 204 Å². The van der Waals surface area contributed by atoms with Crippen LogP contribution in [0.5, 0.6) is 11.8 Å². The number of rotatable bonds is 3. The van der Waals surface area contributed by atoms with Gasteiger partial charge < -0.3 is 14.4 Å². The molecule has 4 aromatic rings. The number of hydrogen-bond acceptors (Lipinski definition) is 6. The van der Waals surface area contributed by atoms with Crippen LogP contribution >= 0.6 is 0 Å². The van der Waals surface area contributed by atoms with E-state index in [0.717, 1.165) is 70.3 Å². The maximum Gasteiger partial charge on any atom is 0.219 e. The van der Waals surface area contributed by atoms with Gasteiger partial charge in [0.25, 0.3) is 0 Å². The van der Waals surface area contributed by atoms with E-state index in [1.807, 2.05) is 30.9 Å². The lowest BCUT2D eigenvalue weighted by atomic mass is 10.1. The Morgan fingerprint density at radius 2 is 1.83 bits per heavy atom. The Kier molecular flexibility index (Phi) is 5.77. The molecule has 6 rings (SSSR count). The van der Waals surface area contributed by atoms with E-state index in [4.69, 9.17) is 14.6 Å². The van der Waals surface area contributed by atoms with E-state index in [2.05, 4.69) is 44.5 Å². The average molecular weight is 474 g/mol. The largest absolute Gasteiger partial charge is 0.477 e. The van der Waals surface area contributed by atoms with Crippen LogP contribution in [-0.4, -0.2) is 67.5 Å². The molecule has 1 saturated heterocycles. The van der Waals surface area contributed by atoms with Gasteiger partial charge >= 0.3 is 0 Å². The summed E-state index contributed by atoms with van der Waals surface area (Å²) < 4.78 is 16.3. The number of fused-ring (bicyclic) bond motifs is 4. The van der Waals surface area contributed by atoms with Crippen molar-refractivity contribution in [2.45, 2.75) is 32.7 Å². The van der Waals surface area contributed by atoms with E-state index in [1.54, 1.807) is 4.68 Å². The van der Waals surface area contributed by atoms with Crippen molar-refractivity contribution in [2.75, 3.05) is 32.8 Å². The summed E-state index contributed by atoms with van der Waals surface area (Å²) in [5.74, 6) is 1.57. The maximum atomic E-state index is 6.33. The molecule has 0 unspecified atom stereocenters. The quantitative estimate of drug-likeness (QED) is 0.486. The van der Waals surface area contributed by atoms with Gasteiger partial charge in [0, 0.05) is 25.4 Å². The number of likely N-dealkylation sites (tertiary alicyclic amines) is 1. The van der Waals surface area contributed by atoms with Crippen LogP contribution < -0.4 is 9.47 Å². The summed E-state index contributed by atoms with van der Waals surface area (Å²) in [4.78, 5) is 2.50. The van der Waals surface area contributed by atoms with Crippen LogP contribution in [0.2, 0.25) is 0 Å². The normalized spacial score (nSPS) is 17.4. The average Bonchev–Trinajstić information content (AvgIpc) is 3.64. The molecule has 0 radical (unpaired) electrons. The number of nitrogens with zero attached hydrogens (tertiary/aromatic N) is 6. The monoisotopic (exact) mass is 473 g/mol. The van der Waals surface area contributed by atoms with E-state index in [1.165, 1.54) is 25.9 Å². The highest BCUT2D eigenvalue weighted by molar-refractivity contribution is 5.93. The van der Waals surface area contributed by atoms with Crippen LogP contribution in [0, 0.1) is 6.92 Å². The molecule has 1 fully saturated rings. The fourth-order valence-corrected chi connectivity index (χ4v) is 5.00. The van der Waals surface area contributed by atoms with E-state index in [9.17, 15) is 0 Å². The van der Waals surface area contributed by atoms with Crippen LogP contribution in [0.15, 0.2) is 24.4 Å². The summed E-state index contributed by atoms with van der Waals surface area (Å²) in [5.41, 5.74) is 5.85. The van der Waals surface area contributed by atoms with Crippen molar-refractivity contribution >= 4 is 23.1 Å². The predicted octanol–water partition coefficient (Wildman–Crippen LogP) is 3.90. The van der Waals surface area contributed by atoms with Gasteiger partial charge in [-0.3, -0.25) is 5.10 Å². The van der Waals surface area contributed by atoms with Gasteiger partial charge in [-0.15, -0.1) is 0 Å². The van der Waals surface area contributed by atoms with Crippen LogP contribution in [-0.2, 0) is 13.6 Å². The minimum atomic E-state index is 0.539. The van der Waals surface area contributed by atoms with Crippen LogP contribution in [0.25, 0.3) is 34.2 Å². The molecule has 0 saturated carbocycles. The Hall–Kier alpha value is -3.59. The van der Waals surface area contributed by atoms with Gasteiger partial charge in [0.05, 0.1) is 54.0 Å². The molecule has 1 aromatic carbocycles. The van der Waals surface area contributed by atoms with Crippen molar-refractivity contribution in [3.63, 3.8) is 0 Å². The molecule has 182 valence electrons. The number of aromatic amines is 1. The van der Waals surface area contributed by atoms with Gasteiger partial charge in [0.1, 0.15) is 0 Å². The second kappa shape index (κ2) is 9.22. The zero-order chi connectivity index (χ0) is 23.8. The number of nitrogens with one attached hydrogen (secondary N) is 1. The molecule has 2 aliphatic rings. The minimum Gasteiger partial charge on any atom is -0.477 e. The van der Waals surface area contributed by atoms with Crippen LogP contribution in [0.3, 0.4) is 0 Å². The van der Waals surface area contributed by atoms with Crippen molar-refractivity contribution in [3.8, 4) is 22.9 Å². The minimum absolute atomic E-state index is 0.539. The number of benzene rings is 1. The van der Waals surface area contributed by atoms with Gasteiger partial charge in [-0.25, -0.2) is 9.36 Å². The molecule has 2 bridgehead atoms. The molecule has 9 nitrogen and oxygen atoms in total. The van der Waals surface area contributed by atoms with Crippen molar-refractivity contribution in [3.05, 3.63) is 41.3 Å². The Morgan fingerprint density at radius 3 is 2.69 bits per heavy atom. The molecule has 2 aliphatic heterocycles. The number of aromatic nitrogens is 6. The highest BCUT2D eigenvalue weighted by Crippen LogP contribution is 2.33. The third-order valence-electron chi connectivity index (χ3n) is 6.91. The second-order valence-corrected chi connectivity index (χ2v) is 9.32. The Balaban J connectivity index is 1.38. The standard InChI is InChI=1S/C26H31N7O2/c1-18-20-7-9-24-21-16-19(6-8-23(21)28-29-24)22-17-27-31(2)25(22)34-14-5-15-35-26(20)33(30-18)13-12-32-10-3-4-11-32/h6-9,16-17H,3-5,10-15H2,1-2H3,(H,28,29)/b9-7+. The molecule has 3 aromatic heterocycles. The topological polar surface area (TPSA) is 86.0 Å². The van der Waals surface area contributed by atoms with Gasteiger partial charge in [-0.1, -0.05) is 6.07 Å². The van der Waals surface area contributed by atoms with Crippen molar-refractivity contribution in [1.29, 1.82) is 0 Å². The third kappa shape index (κ3) is 4.20. The van der Waals surface area contributed by atoms with Crippen molar-refractivity contribution in [2.24, 2.45) is 7.05 Å². The molecule has 0 spiro atoms. The predicted molar refractivity (Wildman–Crippen MR) is 135 cm³/mol. The first kappa shape index (κ1) is 21.9. The fourth-order valence-electron chi connectivity index (χ4n) is 5.00. The highest BCUT2D eigenvalue weighted by atomic mass is 16.5. The maximum absolute atomic E-state index is 6.33. The molecular weight excluding hydrogens is 442 g/mol. The number of aryl methyl sites for hydroxylation is 2. The van der Waals surface area contributed by atoms with Crippen LogP contribution in [0.1, 0.15) is 36.2 Å². The van der Waals surface area contributed by atoms with E-state index in [-0.39, 0.29) is 0 Å². The zero-order valence-corrected chi connectivity index (χ0v) is 20.3. The van der Waals surface area contributed by atoms with Gasteiger partial charge in [-0.05, 0) is 62.7 Å². The molecule has 1 N–H and O–H groups in total. The molecule has 0 atom stereocenters. The molecule has 9 heteroatoms. The first-order valence-corrected chi connectivity index (χ1v) is 12.4. The van der Waals surface area contributed by atoms with Gasteiger partial charge in [0.15, 0.2) is 0 Å². The highest BCUT2D eigenvalue weighted by Gasteiger charge is 2.19. The molecular formula is C26H31N7O2. The van der Waals surface area contributed by atoms with E-state index < -0.39 is 0 Å².